The van der Waals surface area contributed by atoms with Gasteiger partial charge in [-0.05, 0) is 23.3 Å². The van der Waals surface area contributed by atoms with E-state index in [9.17, 15) is 9.59 Å². The van der Waals surface area contributed by atoms with Gasteiger partial charge in [-0.1, -0.05) is 84.4 Å². The molecule has 0 aliphatic rings. The molecule has 5 rings (SSSR count). The second-order valence-corrected chi connectivity index (χ2v) is 8.40. The maximum absolute atomic E-state index is 13.5. The fourth-order valence-electron chi connectivity index (χ4n) is 4.13. The van der Waals surface area contributed by atoms with Crippen LogP contribution >= 0.6 is 11.6 Å². The highest BCUT2D eigenvalue weighted by atomic mass is 35.5. The minimum atomic E-state index is -0.363. The third kappa shape index (κ3) is 3.98. The van der Waals surface area contributed by atoms with Crippen LogP contribution in [0.25, 0.3) is 16.6 Å². The highest BCUT2D eigenvalue weighted by Crippen LogP contribution is 2.28. The average Bonchev–Trinajstić information content (AvgIpc) is 3.18. The highest BCUT2D eigenvalue weighted by Gasteiger charge is 2.20. The summed E-state index contributed by atoms with van der Waals surface area (Å²) in [6, 6.07) is 28.2. The molecule has 0 bridgehead atoms. The molecule has 34 heavy (non-hydrogen) atoms. The molecule has 2 aromatic heterocycles. The largest absolute Gasteiger partial charge is 0.363 e. The fourth-order valence-corrected chi connectivity index (χ4v) is 4.35. The molecule has 0 atom stereocenters. The summed E-state index contributed by atoms with van der Waals surface area (Å²) in [5.74, 6) is 0. The maximum atomic E-state index is 13.5. The maximum Gasteiger partial charge on any atom is 0.281 e. The van der Waals surface area contributed by atoms with Gasteiger partial charge in [0.1, 0.15) is 6.10 Å². The van der Waals surface area contributed by atoms with Crippen LogP contribution in [0.1, 0.15) is 22.9 Å². The fraction of sp³-hybridized carbons (Fsp3) is 0.111. The molecule has 1 N–H and O–H groups in total. The Kier molecular flexibility index (Phi) is 5.92. The zero-order valence-electron chi connectivity index (χ0n) is 18.4. The summed E-state index contributed by atoms with van der Waals surface area (Å²) >= 11 is 6.33. The van der Waals surface area contributed by atoms with Gasteiger partial charge in [-0.2, -0.15) is 0 Å². The molecule has 6 nitrogen and oxygen atoms in total. The predicted octanol–water partition coefficient (Wildman–Crippen LogP) is 4.98. The molecule has 7 heteroatoms. The summed E-state index contributed by atoms with van der Waals surface area (Å²) in [6.45, 7) is 0.0626. The molecule has 3 aromatic carbocycles. The van der Waals surface area contributed by atoms with Crippen molar-refractivity contribution < 1.29 is 4.74 Å². The SMILES string of the molecule is Cn1c(COC(c2ccccc2)c2ccccc2)c2c(=O)n(-c3ccccc3Cl)[nH]c2cc1=O. The first-order valence-electron chi connectivity index (χ1n) is 10.8. The summed E-state index contributed by atoms with van der Waals surface area (Å²) in [5, 5.41) is 3.85. The number of aromatic amines is 1. The highest BCUT2D eigenvalue weighted by molar-refractivity contribution is 6.32. The molecule has 0 fully saturated rings. The van der Waals surface area contributed by atoms with E-state index in [2.05, 4.69) is 5.10 Å². The summed E-state index contributed by atoms with van der Waals surface area (Å²) in [7, 11) is 1.65. The number of rotatable bonds is 6. The van der Waals surface area contributed by atoms with Gasteiger partial charge in [0.15, 0.2) is 0 Å². The topological polar surface area (TPSA) is 69.0 Å². The van der Waals surface area contributed by atoms with Crippen LogP contribution in [0.3, 0.4) is 0 Å². The van der Waals surface area contributed by atoms with E-state index < -0.39 is 0 Å². The summed E-state index contributed by atoms with van der Waals surface area (Å²) in [5.41, 5.74) is 2.86. The van der Waals surface area contributed by atoms with Crippen molar-refractivity contribution in [3.63, 3.8) is 0 Å². The number of nitrogens with one attached hydrogen (secondary N) is 1. The van der Waals surface area contributed by atoms with Crippen molar-refractivity contribution in [1.29, 1.82) is 0 Å². The van der Waals surface area contributed by atoms with Crippen molar-refractivity contribution in [3.8, 4) is 5.69 Å². The molecule has 0 unspecified atom stereocenters. The van der Waals surface area contributed by atoms with Gasteiger partial charge in [0, 0.05) is 13.1 Å². The van der Waals surface area contributed by atoms with Gasteiger partial charge in [0.05, 0.1) is 33.9 Å². The lowest BCUT2D eigenvalue weighted by Gasteiger charge is -2.20. The Morgan fingerprint density at radius 1 is 0.882 bits per heavy atom. The Balaban J connectivity index is 1.61. The predicted molar refractivity (Wildman–Crippen MR) is 134 cm³/mol. The van der Waals surface area contributed by atoms with Crippen molar-refractivity contribution in [2.75, 3.05) is 0 Å². The van der Waals surface area contributed by atoms with Gasteiger partial charge in [0.2, 0.25) is 0 Å². The number of benzene rings is 3. The van der Waals surface area contributed by atoms with Crippen molar-refractivity contribution in [3.05, 3.63) is 134 Å². The number of fused-ring (bicyclic) bond motifs is 1. The van der Waals surface area contributed by atoms with Gasteiger partial charge >= 0.3 is 0 Å². The van der Waals surface area contributed by atoms with Gasteiger partial charge in [-0.25, -0.2) is 4.68 Å². The van der Waals surface area contributed by atoms with Crippen LogP contribution in [0.5, 0.6) is 0 Å². The smallest absolute Gasteiger partial charge is 0.281 e. The number of halogens is 1. The van der Waals surface area contributed by atoms with E-state index in [0.29, 0.717) is 27.3 Å². The standard InChI is InChI=1S/C27H22ClN3O3/c1-30-23(17-34-26(18-10-4-2-5-11-18)19-12-6-3-7-13-19)25-21(16-24(30)32)29-31(27(25)33)22-15-9-8-14-20(22)28/h2-16,26,29H,17H2,1H3. The lowest BCUT2D eigenvalue weighted by molar-refractivity contribution is 0.0635. The first-order chi connectivity index (χ1) is 16.5. The number of nitrogens with zero attached hydrogens (tertiary/aromatic N) is 2. The summed E-state index contributed by atoms with van der Waals surface area (Å²) in [4.78, 5) is 26.2. The van der Waals surface area contributed by atoms with Crippen molar-refractivity contribution in [2.45, 2.75) is 12.7 Å². The molecule has 0 amide bonds. The summed E-state index contributed by atoms with van der Waals surface area (Å²) < 4.78 is 9.21. The number of pyridine rings is 1. The van der Waals surface area contributed by atoms with E-state index in [-0.39, 0.29) is 23.8 Å². The van der Waals surface area contributed by atoms with E-state index >= 15 is 0 Å². The molecule has 0 radical (unpaired) electrons. The third-order valence-corrected chi connectivity index (χ3v) is 6.21. The van der Waals surface area contributed by atoms with Crippen LogP contribution in [0.4, 0.5) is 0 Å². The average molecular weight is 472 g/mol. The van der Waals surface area contributed by atoms with E-state index in [1.165, 1.54) is 15.3 Å². The van der Waals surface area contributed by atoms with E-state index in [1.807, 2.05) is 60.7 Å². The lowest BCUT2D eigenvalue weighted by atomic mass is 10.0. The quantitative estimate of drug-likeness (QED) is 0.380. The Morgan fingerprint density at radius 2 is 1.47 bits per heavy atom. The zero-order chi connectivity index (χ0) is 23.7. The van der Waals surface area contributed by atoms with Crippen LogP contribution in [0.15, 0.2) is 101 Å². The molecule has 5 aromatic rings. The summed E-state index contributed by atoms with van der Waals surface area (Å²) in [6.07, 6.45) is -0.363. The number of ether oxygens (including phenoxy) is 1. The second kappa shape index (κ2) is 9.17. The number of hydrogen-bond donors (Lipinski definition) is 1. The molecule has 2 heterocycles. The third-order valence-electron chi connectivity index (χ3n) is 5.90. The molecule has 0 saturated carbocycles. The minimum Gasteiger partial charge on any atom is -0.363 e. The molecule has 0 aliphatic carbocycles. The Bertz CT molecular complexity index is 1530. The second-order valence-electron chi connectivity index (χ2n) is 7.99. The number of aromatic nitrogens is 3. The van der Waals surface area contributed by atoms with Crippen molar-refractivity contribution in [1.82, 2.24) is 14.3 Å². The van der Waals surface area contributed by atoms with E-state index in [4.69, 9.17) is 16.3 Å². The van der Waals surface area contributed by atoms with Crippen molar-refractivity contribution in [2.24, 2.45) is 7.05 Å². The first kappa shape index (κ1) is 21.9. The Labute approximate surface area is 200 Å². The van der Waals surface area contributed by atoms with Crippen molar-refractivity contribution >= 4 is 22.5 Å². The molecule has 170 valence electrons. The van der Waals surface area contributed by atoms with Crippen LogP contribution in [0.2, 0.25) is 5.02 Å². The number of hydrogen-bond acceptors (Lipinski definition) is 3. The molecule has 0 aliphatic heterocycles. The van der Waals surface area contributed by atoms with Gasteiger partial charge in [-0.15, -0.1) is 0 Å². The van der Waals surface area contributed by atoms with Gasteiger partial charge in [0.25, 0.3) is 11.1 Å². The molecular formula is C27H22ClN3O3. The zero-order valence-corrected chi connectivity index (χ0v) is 19.2. The van der Waals surface area contributed by atoms with E-state index in [0.717, 1.165) is 11.1 Å². The Hall–Kier alpha value is -3.87. The van der Waals surface area contributed by atoms with Crippen LogP contribution in [-0.4, -0.2) is 14.3 Å². The van der Waals surface area contributed by atoms with E-state index in [1.54, 1.807) is 31.3 Å². The normalized spacial score (nSPS) is 11.4. The van der Waals surface area contributed by atoms with Crippen LogP contribution in [-0.2, 0) is 18.4 Å². The van der Waals surface area contributed by atoms with Gasteiger partial charge < -0.3 is 9.30 Å². The molecule has 0 spiro atoms. The lowest BCUT2D eigenvalue weighted by Crippen LogP contribution is -2.23. The monoisotopic (exact) mass is 471 g/mol. The van der Waals surface area contributed by atoms with Crippen LogP contribution in [0, 0.1) is 0 Å². The minimum absolute atomic E-state index is 0.0626. The van der Waals surface area contributed by atoms with Crippen LogP contribution < -0.4 is 11.1 Å². The Morgan fingerprint density at radius 3 is 2.09 bits per heavy atom. The van der Waals surface area contributed by atoms with Gasteiger partial charge in [-0.3, -0.25) is 14.7 Å². The molecule has 0 saturated heterocycles. The number of para-hydroxylation sites is 1. The number of H-pyrrole nitrogens is 1. The molecular weight excluding hydrogens is 450 g/mol. The first-order valence-corrected chi connectivity index (χ1v) is 11.2.